The van der Waals surface area contributed by atoms with Gasteiger partial charge in [-0.05, 0) is 37.5 Å². The maximum Gasteiger partial charge on any atom is 0.231 e. The van der Waals surface area contributed by atoms with Crippen LogP contribution in [0.3, 0.4) is 0 Å². The van der Waals surface area contributed by atoms with Gasteiger partial charge in [0.2, 0.25) is 6.79 Å². The van der Waals surface area contributed by atoms with E-state index in [1.165, 1.54) is 18.4 Å². The Balaban J connectivity index is 1.63. The minimum absolute atomic E-state index is 0.0879. The quantitative estimate of drug-likeness (QED) is 0.868. The summed E-state index contributed by atoms with van der Waals surface area (Å²) in [5, 5.41) is 13.2. The van der Waals surface area contributed by atoms with E-state index in [1.807, 2.05) is 12.1 Å². The smallest absolute Gasteiger partial charge is 0.231 e. The van der Waals surface area contributed by atoms with Crippen molar-refractivity contribution in [2.24, 2.45) is 5.41 Å². The van der Waals surface area contributed by atoms with Gasteiger partial charge in [0, 0.05) is 24.6 Å². The molecule has 1 saturated carbocycles. The highest BCUT2D eigenvalue weighted by atomic mass is 16.7. The van der Waals surface area contributed by atoms with Crippen molar-refractivity contribution in [3.8, 4) is 11.5 Å². The average molecular weight is 277 g/mol. The highest BCUT2D eigenvalue weighted by Crippen LogP contribution is 2.38. The van der Waals surface area contributed by atoms with Crippen LogP contribution in [0.25, 0.3) is 0 Å². The molecule has 1 aromatic carbocycles. The molecule has 0 radical (unpaired) electrons. The molecule has 1 heterocycles. The minimum Gasteiger partial charge on any atom is -0.454 e. The van der Waals surface area contributed by atoms with Gasteiger partial charge in [0.1, 0.15) is 0 Å². The predicted molar refractivity (Wildman–Crippen MR) is 77.0 cm³/mol. The summed E-state index contributed by atoms with van der Waals surface area (Å²) in [5.41, 5.74) is 1.28. The number of hydrogen-bond acceptors (Lipinski definition) is 4. The van der Waals surface area contributed by atoms with Crippen molar-refractivity contribution >= 4 is 0 Å². The summed E-state index contributed by atoms with van der Waals surface area (Å²) in [7, 11) is 0. The number of aliphatic hydroxyl groups excluding tert-OH is 1. The van der Waals surface area contributed by atoms with Crippen molar-refractivity contribution in [1.82, 2.24) is 5.32 Å². The highest BCUT2D eigenvalue weighted by Gasteiger charge is 2.33. The number of aliphatic hydroxyl groups is 1. The lowest BCUT2D eigenvalue weighted by molar-refractivity contribution is 0.125. The Morgan fingerprint density at radius 3 is 2.75 bits per heavy atom. The van der Waals surface area contributed by atoms with E-state index in [1.54, 1.807) is 0 Å². The lowest BCUT2D eigenvalue weighted by Gasteiger charge is -2.29. The lowest BCUT2D eigenvalue weighted by Crippen LogP contribution is -2.36. The molecule has 1 aliphatic carbocycles. The monoisotopic (exact) mass is 277 g/mol. The van der Waals surface area contributed by atoms with E-state index in [0.717, 1.165) is 30.9 Å². The van der Waals surface area contributed by atoms with Crippen LogP contribution in [0.1, 0.15) is 44.2 Å². The Morgan fingerprint density at radius 1 is 1.25 bits per heavy atom. The Bertz CT molecular complexity index is 469. The van der Waals surface area contributed by atoms with Gasteiger partial charge in [0.15, 0.2) is 11.5 Å². The second-order valence-electron chi connectivity index (χ2n) is 6.08. The lowest BCUT2D eigenvalue weighted by atomic mass is 9.87. The first-order chi connectivity index (χ1) is 9.72. The van der Waals surface area contributed by atoms with Crippen LogP contribution in [-0.2, 0) is 0 Å². The second kappa shape index (κ2) is 5.62. The molecule has 4 nitrogen and oxygen atoms in total. The molecule has 2 N–H and O–H groups in total. The molecular weight excluding hydrogens is 254 g/mol. The fourth-order valence-corrected chi connectivity index (χ4v) is 3.19. The Hall–Kier alpha value is -1.26. The zero-order valence-electron chi connectivity index (χ0n) is 12.0. The zero-order chi connectivity index (χ0) is 14.0. The SMILES string of the molecule is CC(NCC1(CO)CCCC1)c1ccc2c(c1)OCO2. The topological polar surface area (TPSA) is 50.7 Å². The summed E-state index contributed by atoms with van der Waals surface area (Å²) < 4.78 is 10.8. The summed E-state index contributed by atoms with van der Waals surface area (Å²) in [6.45, 7) is 3.62. The van der Waals surface area contributed by atoms with Crippen LogP contribution < -0.4 is 14.8 Å². The first-order valence-electron chi connectivity index (χ1n) is 7.46. The number of benzene rings is 1. The molecule has 2 aliphatic rings. The van der Waals surface area contributed by atoms with Crippen LogP contribution in [0.15, 0.2) is 18.2 Å². The number of rotatable bonds is 5. The number of nitrogens with one attached hydrogen (secondary N) is 1. The van der Waals surface area contributed by atoms with E-state index in [-0.39, 0.29) is 18.1 Å². The molecule has 0 bridgehead atoms. The van der Waals surface area contributed by atoms with E-state index < -0.39 is 0 Å². The van der Waals surface area contributed by atoms with E-state index >= 15 is 0 Å². The summed E-state index contributed by atoms with van der Waals surface area (Å²) in [6.07, 6.45) is 4.73. The van der Waals surface area contributed by atoms with Gasteiger partial charge in [-0.3, -0.25) is 0 Å². The summed E-state index contributed by atoms with van der Waals surface area (Å²) in [4.78, 5) is 0. The summed E-state index contributed by atoms with van der Waals surface area (Å²) in [5.74, 6) is 1.65. The van der Waals surface area contributed by atoms with Crippen molar-refractivity contribution in [3.63, 3.8) is 0 Å². The van der Waals surface area contributed by atoms with Crippen molar-refractivity contribution in [2.75, 3.05) is 19.9 Å². The van der Waals surface area contributed by atoms with Crippen LogP contribution in [0.5, 0.6) is 11.5 Å². The third-order valence-corrected chi connectivity index (χ3v) is 4.68. The molecule has 4 heteroatoms. The van der Waals surface area contributed by atoms with Crippen molar-refractivity contribution < 1.29 is 14.6 Å². The third kappa shape index (κ3) is 2.63. The van der Waals surface area contributed by atoms with Crippen molar-refractivity contribution in [2.45, 2.75) is 38.6 Å². The largest absolute Gasteiger partial charge is 0.454 e. The van der Waals surface area contributed by atoms with E-state index in [4.69, 9.17) is 9.47 Å². The van der Waals surface area contributed by atoms with Crippen molar-refractivity contribution in [1.29, 1.82) is 0 Å². The average Bonchev–Trinajstić information content (AvgIpc) is 3.13. The maximum atomic E-state index is 9.65. The molecule has 0 saturated heterocycles. The van der Waals surface area contributed by atoms with Gasteiger partial charge >= 0.3 is 0 Å². The Kier molecular flexibility index (Phi) is 3.85. The van der Waals surface area contributed by atoms with Gasteiger partial charge in [-0.1, -0.05) is 18.9 Å². The predicted octanol–water partition coefficient (Wildman–Crippen LogP) is 2.62. The third-order valence-electron chi connectivity index (χ3n) is 4.68. The van der Waals surface area contributed by atoms with Crippen LogP contribution >= 0.6 is 0 Å². The van der Waals surface area contributed by atoms with Gasteiger partial charge in [0.05, 0.1) is 0 Å². The van der Waals surface area contributed by atoms with E-state index in [9.17, 15) is 5.11 Å². The molecule has 0 spiro atoms. The van der Waals surface area contributed by atoms with Crippen LogP contribution in [0.2, 0.25) is 0 Å². The molecule has 1 aromatic rings. The standard InChI is InChI=1S/C16H23NO3/c1-12(17-9-16(10-18)6-2-3-7-16)13-4-5-14-15(8-13)20-11-19-14/h4-5,8,12,17-18H,2-3,6-7,9-11H2,1H3. The highest BCUT2D eigenvalue weighted by molar-refractivity contribution is 5.45. The normalized spacial score (nSPS) is 21.1. The number of hydrogen-bond donors (Lipinski definition) is 2. The van der Waals surface area contributed by atoms with E-state index in [0.29, 0.717) is 6.79 Å². The van der Waals surface area contributed by atoms with Gasteiger partial charge in [-0.25, -0.2) is 0 Å². The van der Waals surface area contributed by atoms with Gasteiger partial charge < -0.3 is 19.9 Å². The van der Waals surface area contributed by atoms with Gasteiger partial charge in [-0.2, -0.15) is 0 Å². The number of fused-ring (bicyclic) bond motifs is 1. The van der Waals surface area contributed by atoms with Crippen molar-refractivity contribution in [3.05, 3.63) is 23.8 Å². The molecule has 110 valence electrons. The molecule has 20 heavy (non-hydrogen) atoms. The molecule has 1 atom stereocenters. The first-order valence-corrected chi connectivity index (χ1v) is 7.46. The van der Waals surface area contributed by atoms with Gasteiger partial charge in [-0.15, -0.1) is 0 Å². The second-order valence-corrected chi connectivity index (χ2v) is 6.08. The molecule has 0 aromatic heterocycles. The van der Waals surface area contributed by atoms with Crippen LogP contribution in [-0.4, -0.2) is 25.1 Å². The molecule has 0 amide bonds. The Labute approximate surface area is 120 Å². The maximum absolute atomic E-state index is 9.65. The molecule has 1 unspecified atom stereocenters. The molecule has 1 aliphatic heterocycles. The minimum atomic E-state index is 0.0879. The summed E-state index contributed by atoms with van der Waals surface area (Å²) in [6, 6.07) is 6.33. The van der Waals surface area contributed by atoms with Gasteiger partial charge in [0.25, 0.3) is 0 Å². The fourth-order valence-electron chi connectivity index (χ4n) is 3.19. The zero-order valence-corrected chi connectivity index (χ0v) is 12.0. The summed E-state index contributed by atoms with van der Waals surface area (Å²) >= 11 is 0. The number of ether oxygens (including phenoxy) is 2. The fraction of sp³-hybridized carbons (Fsp3) is 0.625. The molecular formula is C16H23NO3. The van der Waals surface area contributed by atoms with E-state index in [2.05, 4.69) is 18.3 Å². The molecule has 1 fully saturated rings. The van der Waals surface area contributed by atoms with Crippen LogP contribution in [0.4, 0.5) is 0 Å². The molecule has 3 rings (SSSR count). The Morgan fingerprint density at radius 2 is 2.00 bits per heavy atom. The first kappa shape index (κ1) is 13.7. The van der Waals surface area contributed by atoms with Crippen LogP contribution in [0, 0.1) is 5.41 Å².